The molecule has 0 fully saturated rings. The van der Waals surface area contributed by atoms with Crippen LogP contribution in [0.1, 0.15) is 47.5 Å². The molecule has 3 amide bonds. The Hall–Kier alpha value is -1.59. The smallest absolute Gasteiger partial charge is 0.324 e. The number of amides is 3. The lowest BCUT2D eigenvalue weighted by atomic mass is 10.0. The minimum absolute atomic E-state index is 0.0369. The summed E-state index contributed by atoms with van der Waals surface area (Å²) in [6.07, 6.45) is -0.0431. The molecule has 122 valence electrons. The Kier molecular flexibility index (Phi) is 8.66. The van der Waals surface area contributed by atoms with Gasteiger partial charge in [0.25, 0.3) is 0 Å². The Morgan fingerprint density at radius 2 is 1.43 bits per heavy atom. The molecule has 0 rings (SSSR count). The molecule has 0 aliphatic heterocycles. The predicted octanol–water partition coefficient (Wildman–Crippen LogP) is 2.34. The van der Waals surface area contributed by atoms with E-state index >= 15 is 0 Å². The molecule has 6 nitrogen and oxygen atoms in total. The van der Waals surface area contributed by atoms with Crippen LogP contribution in [0.25, 0.3) is 0 Å². The minimum Gasteiger partial charge on any atom is -0.481 e. The zero-order valence-corrected chi connectivity index (χ0v) is 13.7. The second-order valence-corrected chi connectivity index (χ2v) is 6.45. The third kappa shape index (κ3) is 9.87. The van der Waals surface area contributed by atoms with Crippen molar-refractivity contribution in [3.05, 3.63) is 0 Å². The van der Waals surface area contributed by atoms with Crippen LogP contribution in [-0.4, -0.2) is 41.0 Å². The summed E-state index contributed by atoms with van der Waals surface area (Å²) in [7, 11) is 0. The number of rotatable bonds is 8. The first-order valence-corrected chi connectivity index (χ1v) is 7.42. The van der Waals surface area contributed by atoms with Gasteiger partial charge in [-0.1, -0.05) is 34.6 Å². The van der Waals surface area contributed by atoms with Gasteiger partial charge in [-0.05, 0) is 17.8 Å². The maximum Gasteiger partial charge on any atom is 0.324 e. The molecular formula is C15H28N2O4. The zero-order chi connectivity index (χ0) is 16.6. The van der Waals surface area contributed by atoms with Crippen LogP contribution < -0.4 is 5.32 Å². The number of carboxylic acid groups (broad SMARTS) is 1. The molecule has 0 aromatic carbocycles. The van der Waals surface area contributed by atoms with Crippen LogP contribution in [0.5, 0.6) is 0 Å². The van der Waals surface area contributed by atoms with Gasteiger partial charge in [-0.2, -0.15) is 0 Å². The van der Waals surface area contributed by atoms with Crippen LogP contribution in [0, 0.1) is 17.8 Å². The summed E-state index contributed by atoms with van der Waals surface area (Å²) in [4.78, 5) is 36.1. The molecule has 0 aromatic heterocycles. The van der Waals surface area contributed by atoms with Gasteiger partial charge in [-0.3, -0.25) is 14.9 Å². The van der Waals surface area contributed by atoms with Crippen LogP contribution in [0.15, 0.2) is 0 Å². The molecule has 0 aliphatic carbocycles. The van der Waals surface area contributed by atoms with Crippen molar-refractivity contribution in [2.45, 2.75) is 47.5 Å². The monoisotopic (exact) mass is 300 g/mol. The SMILES string of the molecule is CC(C)CN(CC(C)C)C(=O)NC(=O)CC(C)CC(=O)O. The highest BCUT2D eigenvalue weighted by Crippen LogP contribution is 2.08. The molecule has 21 heavy (non-hydrogen) atoms. The standard InChI is InChI=1S/C15H28N2O4/c1-10(2)8-17(9-11(3)4)15(21)16-13(18)6-12(5)7-14(19)20/h10-12H,6-9H2,1-5H3,(H,19,20)(H,16,18,21). The Morgan fingerprint density at radius 3 is 1.81 bits per heavy atom. The molecule has 0 spiro atoms. The number of urea groups is 1. The van der Waals surface area contributed by atoms with Gasteiger partial charge >= 0.3 is 12.0 Å². The van der Waals surface area contributed by atoms with E-state index in [2.05, 4.69) is 5.32 Å². The van der Waals surface area contributed by atoms with E-state index in [0.29, 0.717) is 24.9 Å². The van der Waals surface area contributed by atoms with Crippen LogP contribution in [0.2, 0.25) is 0 Å². The molecule has 1 atom stereocenters. The third-order valence-electron chi connectivity index (χ3n) is 2.76. The zero-order valence-electron chi connectivity index (χ0n) is 13.7. The summed E-state index contributed by atoms with van der Waals surface area (Å²) >= 11 is 0. The topological polar surface area (TPSA) is 86.7 Å². The van der Waals surface area contributed by atoms with Crippen molar-refractivity contribution >= 4 is 17.9 Å². The van der Waals surface area contributed by atoms with Gasteiger partial charge in [0.15, 0.2) is 0 Å². The molecule has 1 unspecified atom stereocenters. The molecule has 0 saturated carbocycles. The van der Waals surface area contributed by atoms with Crippen LogP contribution in [0.4, 0.5) is 4.79 Å². The average Bonchev–Trinajstić information content (AvgIpc) is 2.24. The van der Waals surface area contributed by atoms with E-state index in [9.17, 15) is 14.4 Å². The highest BCUT2D eigenvalue weighted by molar-refractivity contribution is 5.94. The van der Waals surface area contributed by atoms with Crippen molar-refractivity contribution in [1.29, 1.82) is 0 Å². The molecule has 0 radical (unpaired) electrons. The average molecular weight is 300 g/mol. The summed E-state index contributed by atoms with van der Waals surface area (Å²) in [5.41, 5.74) is 0. The first-order valence-electron chi connectivity index (χ1n) is 7.42. The Morgan fingerprint density at radius 1 is 0.952 bits per heavy atom. The van der Waals surface area contributed by atoms with Crippen molar-refractivity contribution < 1.29 is 19.5 Å². The van der Waals surface area contributed by atoms with E-state index in [0.717, 1.165) is 0 Å². The van der Waals surface area contributed by atoms with Gasteiger partial charge in [0.05, 0.1) is 0 Å². The van der Waals surface area contributed by atoms with E-state index in [-0.39, 0.29) is 18.8 Å². The lowest BCUT2D eigenvalue weighted by Crippen LogP contribution is -2.46. The number of hydrogen-bond donors (Lipinski definition) is 2. The third-order valence-corrected chi connectivity index (χ3v) is 2.76. The Labute approximate surface area is 126 Å². The lowest BCUT2D eigenvalue weighted by molar-refractivity contribution is -0.138. The molecule has 0 aromatic rings. The largest absolute Gasteiger partial charge is 0.481 e. The summed E-state index contributed by atoms with van der Waals surface area (Å²) in [6, 6.07) is -0.398. The van der Waals surface area contributed by atoms with Crippen molar-refractivity contribution in [1.82, 2.24) is 10.2 Å². The van der Waals surface area contributed by atoms with E-state index in [1.54, 1.807) is 11.8 Å². The number of nitrogens with one attached hydrogen (secondary N) is 1. The maximum absolute atomic E-state index is 12.1. The molecular weight excluding hydrogens is 272 g/mol. The van der Waals surface area contributed by atoms with E-state index < -0.39 is 17.9 Å². The number of nitrogens with zero attached hydrogens (tertiary/aromatic N) is 1. The van der Waals surface area contributed by atoms with Gasteiger partial charge in [0.2, 0.25) is 5.91 Å². The van der Waals surface area contributed by atoms with Gasteiger partial charge in [-0.25, -0.2) is 4.79 Å². The number of carbonyl (C=O) groups excluding carboxylic acids is 2. The number of carbonyl (C=O) groups is 3. The summed E-state index contributed by atoms with van der Waals surface area (Å²) in [5, 5.41) is 11.0. The van der Waals surface area contributed by atoms with Gasteiger partial charge in [-0.15, -0.1) is 0 Å². The fraction of sp³-hybridized carbons (Fsp3) is 0.800. The summed E-state index contributed by atoms with van der Waals surface area (Å²) in [5.74, 6) is -1.03. The van der Waals surface area contributed by atoms with Gasteiger partial charge < -0.3 is 10.0 Å². The Bertz CT molecular complexity index is 357. The van der Waals surface area contributed by atoms with Crippen molar-refractivity contribution in [3.63, 3.8) is 0 Å². The highest BCUT2D eigenvalue weighted by atomic mass is 16.4. The predicted molar refractivity (Wildman–Crippen MR) is 80.8 cm³/mol. The highest BCUT2D eigenvalue weighted by Gasteiger charge is 2.20. The van der Waals surface area contributed by atoms with Gasteiger partial charge in [0.1, 0.15) is 0 Å². The molecule has 0 heterocycles. The first-order chi connectivity index (χ1) is 9.61. The summed E-state index contributed by atoms with van der Waals surface area (Å²) < 4.78 is 0. The Balaban J connectivity index is 4.45. The van der Waals surface area contributed by atoms with Crippen LogP contribution in [-0.2, 0) is 9.59 Å². The van der Waals surface area contributed by atoms with E-state index in [1.807, 2.05) is 27.7 Å². The normalized spacial score (nSPS) is 12.3. The number of carboxylic acids is 1. The molecule has 2 N–H and O–H groups in total. The van der Waals surface area contributed by atoms with Crippen LogP contribution >= 0.6 is 0 Å². The summed E-state index contributed by atoms with van der Waals surface area (Å²) in [6.45, 7) is 10.9. The second-order valence-electron chi connectivity index (χ2n) is 6.45. The number of hydrogen-bond acceptors (Lipinski definition) is 3. The first kappa shape index (κ1) is 19.4. The lowest BCUT2D eigenvalue weighted by Gasteiger charge is -2.26. The molecule has 0 aliphatic rings. The van der Waals surface area contributed by atoms with E-state index in [4.69, 9.17) is 5.11 Å². The van der Waals surface area contributed by atoms with Crippen molar-refractivity contribution in [2.75, 3.05) is 13.1 Å². The fourth-order valence-electron chi connectivity index (χ4n) is 2.06. The van der Waals surface area contributed by atoms with Crippen molar-refractivity contribution in [2.24, 2.45) is 17.8 Å². The molecule has 6 heteroatoms. The molecule has 0 saturated heterocycles. The number of aliphatic carboxylic acids is 1. The maximum atomic E-state index is 12.1. The molecule has 0 bridgehead atoms. The quantitative estimate of drug-likeness (QED) is 0.720. The van der Waals surface area contributed by atoms with Crippen molar-refractivity contribution in [3.8, 4) is 0 Å². The second kappa shape index (κ2) is 9.37. The van der Waals surface area contributed by atoms with Gasteiger partial charge in [0, 0.05) is 25.9 Å². The minimum atomic E-state index is -0.942. The fourth-order valence-corrected chi connectivity index (χ4v) is 2.06. The van der Waals surface area contributed by atoms with Crippen LogP contribution in [0.3, 0.4) is 0 Å². The number of imide groups is 1. The van der Waals surface area contributed by atoms with E-state index in [1.165, 1.54) is 0 Å².